The number of carbonyl (C=O) groups is 2. The van der Waals surface area contributed by atoms with E-state index in [1.807, 2.05) is 6.92 Å². The average Bonchev–Trinajstić information content (AvgIpc) is 2.75. The molecule has 0 N–H and O–H groups in total. The van der Waals surface area contributed by atoms with Gasteiger partial charge in [-0.15, -0.1) is 0 Å². The van der Waals surface area contributed by atoms with Gasteiger partial charge in [-0.1, -0.05) is 13.3 Å². The van der Waals surface area contributed by atoms with E-state index in [0.29, 0.717) is 12.3 Å². The summed E-state index contributed by atoms with van der Waals surface area (Å²) in [5, 5.41) is 0. The third-order valence-electron chi connectivity index (χ3n) is 2.31. The van der Waals surface area contributed by atoms with Crippen LogP contribution in [-0.4, -0.2) is 23.4 Å². The van der Waals surface area contributed by atoms with Crippen molar-refractivity contribution in [3.05, 3.63) is 12.0 Å². The lowest BCUT2D eigenvalue weighted by Crippen LogP contribution is -2.29. The zero-order chi connectivity index (χ0) is 13.5. The number of unbranched alkanes of at least 4 members (excludes halogenated alkanes) is 1. The number of nitrogens with zero attached hydrogens (tertiary/aromatic N) is 2. The molecule has 0 aliphatic rings. The molecule has 0 aliphatic carbocycles. The van der Waals surface area contributed by atoms with Crippen LogP contribution in [-0.2, 0) is 20.9 Å². The van der Waals surface area contributed by atoms with Crippen LogP contribution in [0.2, 0.25) is 0 Å². The van der Waals surface area contributed by atoms with Crippen molar-refractivity contribution in [2.45, 2.75) is 40.2 Å². The summed E-state index contributed by atoms with van der Waals surface area (Å²) in [6.07, 6.45) is 3.31. The number of hydrogen-bond acceptors (Lipinski definition) is 5. The molecule has 1 heterocycles. The van der Waals surface area contributed by atoms with Crippen molar-refractivity contribution in [3.63, 3.8) is 0 Å². The molecule has 0 fully saturated rings. The van der Waals surface area contributed by atoms with Crippen LogP contribution in [0.5, 0.6) is 0 Å². The van der Waals surface area contributed by atoms with E-state index in [-0.39, 0.29) is 24.5 Å². The zero-order valence-electron chi connectivity index (χ0n) is 10.9. The van der Waals surface area contributed by atoms with Gasteiger partial charge in [-0.25, -0.2) is 4.98 Å². The molecule has 0 atom stereocenters. The minimum Gasteiger partial charge on any atom is -0.458 e. The Morgan fingerprint density at radius 3 is 2.72 bits per heavy atom. The Balaban J connectivity index is 2.68. The molecule has 0 saturated carbocycles. The molecule has 0 saturated heterocycles. The summed E-state index contributed by atoms with van der Waals surface area (Å²) in [5.41, 5.74) is 0. The number of anilines is 1. The fraction of sp³-hybridized carbons (Fsp3) is 0.583. The molecule has 1 aromatic rings. The third kappa shape index (κ3) is 4.20. The average molecular weight is 254 g/mol. The van der Waals surface area contributed by atoms with Crippen LogP contribution in [0, 0.1) is 0 Å². The highest BCUT2D eigenvalue weighted by Gasteiger charge is 2.16. The second-order valence-electron chi connectivity index (χ2n) is 3.91. The molecule has 0 spiro atoms. The Morgan fingerprint density at radius 1 is 1.44 bits per heavy atom. The van der Waals surface area contributed by atoms with E-state index < -0.39 is 0 Å². The van der Waals surface area contributed by atoms with Crippen molar-refractivity contribution in [2.75, 3.05) is 11.4 Å². The molecule has 0 bridgehead atoms. The van der Waals surface area contributed by atoms with E-state index in [2.05, 4.69) is 4.98 Å². The SMILES string of the molecule is CCCCN(C(C)=O)c1ncc(COC(C)=O)o1. The van der Waals surface area contributed by atoms with E-state index in [9.17, 15) is 9.59 Å². The minimum absolute atomic E-state index is 0.0296. The van der Waals surface area contributed by atoms with Gasteiger partial charge in [-0.3, -0.25) is 14.5 Å². The van der Waals surface area contributed by atoms with Crippen molar-refractivity contribution >= 4 is 17.9 Å². The van der Waals surface area contributed by atoms with E-state index in [4.69, 9.17) is 9.15 Å². The van der Waals surface area contributed by atoms with Gasteiger partial charge in [0, 0.05) is 20.4 Å². The van der Waals surface area contributed by atoms with E-state index in [0.717, 1.165) is 12.8 Å². The Hall–Kier alpha value is -1.85. The summed E-state index contributed by atoms with van der Waals surface area (Å²) < 4.78 is 10.2. The number of amides is 1. The Morgan fingerprint density at radius 2 is 2.17 bits per heavy atom. The lowest BCUT2D eigenvalue weighted by Gasteiger charge is -2.15. The van der Waals surface area contributed by atoms with Crippen LogP contribution in [0.25, 0.3) is 0 Å². The number of esters is 1. The fourth-order valence-electron chi connectivity index (χ4n) is 1.37. The van der Waals surface area contributed by atoms with E-state index >= 15 is 0 Å². The van der Waals surface area contributed by atoms with Crippen LogP contribution in [0.4, 0.5) is 6.01 Å². The van der Waals surface area contributed by atoms with Crippen LogP contribution >= 0.6 is 0 Å². The lowest BCUT2D eigenvalue weighted by molar-refractivity contribution is -0.142. The summed E-state index contributed by atoms with van der Waals surface area (Å²) in [6.45, 7) is 5.42. The van der Waals surface area contributed by atoms with Crippen LogP contribution in [0.3, 0.4) is 0 Å². The summed E-state index contributed by atoms with van der Waals surface area (Å²) in [6, 6.07) is 0.248. The number of oxazole rings is 1. The largest absolute Gasteiger partial charge is 0.458 e. The highest BCUT2D eigenvalue weighted by Crippen LogP contribution is 2.16. The monoisotopic (exact) mass is 254 g/mol. The van der Waals surface area contributed by atoms with Crippen LogP contribution in [0.1, 0.15) is 39.4 Å². The molecule has 0 unspecified atom stereocenters. The molecule has 1 amide bonds. The van der Waals surface area contributed by atoms with Crippen molar-refractivity contribution in [2.24, 2.45) is 0 Å². The molecular formula is C12H18N2O4. The van der Waals surface area contributed by atoms with Crippen molar-refractivity contribution in [3.8, 4) is 0 Å². The number of aromatic nitrogens is 1. The molecule has 0 aromatic carbocycles. The number of carbonyl (C=O) groups excluding carboxylic acids is 2. The first kappa shape index (κ1) is 14.2. The maximum absolute atomic E-state index is 11.5. The number of hydrogen-bond donors (Lipinski definition) is 0. The molecule has 18 heavy (non-hydrogen) atoms. The van der Waals surface area contributed by atoms with Crippen LogP contribution < -0.4 is 4.90 Å². The molecule has 0 aliphatic heterocycles. The van der Waals surface area contributed by atoms with Crippen molar-refractivity contribution in [1.82, 2.24) is 4.98 Å². The molecule has 6 nitrogen and oxygen atoms in total. The van der Waals surface area contributed by atoms with Gasteiger partial charge in [0.2, 0.25) is 5.91 Å². The topological polar surface area (TPSA) is 72.6 Å². The predicted molar refractivity (Wildman–Crippen MR) is 64.9 cm³/mol. The van der Waals surface area contributed by atoms with Gasteiger partial charge < -0.3 is 9.15 Å². The van der Waals surface area contributed by atoms with Crippen LogP contribution in [0.15, 0.2) is 10.6 Å². The summed E-state index contributed by atoms with van der Waals surface area (Å²) in [7, 11) is 0. The summed E-state index contributed by atoms with van der Waals surface area (Å²) in [4.78, 5) is 27.6. The van der Waals surface area contributed by atoms with Gasteiger partial charge in [0.25, 0.3) is 0 Å². The van der Waals surface area contributed by atoms with Gasteiger partial charge in [-0.2, -0.15) is 0 Å². The minimum atomic E-state index is -0.387. The van der Waals surface area contributed by atoms with Gasteiger partial charge in [0.1, 0.15) is 0 Å². The van der Waals surface area contributed by atoms with Crippen molar-refractivity contribution in [1.29, 1.82) is 0 Å². The van der Waals surface area contributed by atoms with E-state index in [1.54, 1.807) is 0 Å². The van der Waals surface area contributed by atoms with Gasteiger partial charge in [0.05, 0.1) is 6.20 Å². The molecule has 0 radical (unpaired) electrons. The third-order valence-corrected chi connectivity index (χ3v) is 2.31. The number of ether oxygens (including phenoxy) is 1. The molecule has 1 rings (SSSR count). The smallest absolute Gasteiger partial charge is 0.304 e. The fourth-order valence-corrected chi connectivity index (χ4v) is 1.37. The normalized spacial score (nSPS) is 10.2. The molecule has 6 heteroatoms. The Bertz CT molecular complexity index is 414. The van der Waals surface area contributed by atoms with Crippen molar-refractivity contribution < 1.29 is 18.7 Å². The summed E-state index contributed by atoms with van der Waals surface area (Å²) >= 11 is 0. The number of rotatable bonds is 6. The second-order valence-corrected chi connectivity index (χ2v) is 3.91. The maximum atomic E-state index is 11.5. The summed E-state index contributed by atoms with van der Waals surface area (Å²) in [5.74, 6) is -0.0883. The van der Waals surface area contributed by atoms with E-state index in [1.165, 1.54) is 24.9 Å². The first-order valence-electron chi connectivity index (χ1n) is 5.90. The highest BCUT2D eigenvalue weighted by molar-refractivity contribution is 5.89. The molecule has 1 aromatic heterocycles. The first-order chi connectivity index (χ1) is 8.54. The van der Waals surface area contributed by atoms with Gasteiger partial charge >= 0.3 is 12.0 Å². The quantitative estimate of drug-likeness (QED) is 0.725. The molecule has 100 valence electrons. The highest BCUT2D eigenvalue weighted by atomic mass is 16.5. The Labute approximate surface area is 106 Å². The van der Waals surface area contributed by atoms with Gasteiger partial charge in [-0.05, 0) is 6.42 Å². The maximum Gasteiger partial charge on any atom is 0.304 e. The zero-order valence-corrected chi connectivity index (χ0v) is 10.9. The lowest BCUT2D eigenvalue weighted by atomic mass is 10.3. The van der Waals surface area contributed by atoms with Gasteiger partial charge in [0.15, 0.2) is 12.4 Å². The molecular weight excluding hydrogens is 236 g/mol. The second kappa shape index (κ2) is 6.78. The Kier molecular flexibility index (Phi) is 5.35. The standard InChI is InChI=1S/C12H18N2O4/c1-4-5-6-14(9(2)15)12-13-7-11(18-12)8-17-10(3)16/h7H,4-6,8H2,1-3H3. The predicted octanol–water partition coefficient (Wildman–Crippen LogP) is 1.89. The first-order valence-corrected chi connectivity index (χ1v) is 5.90.